The van der Waals surface area contributed by atoms with Gasteiger partial charge in [0.2, 0.25) is 0 Å². The summed E-state index contributed by atoms with van der Waals surface area (Å²) in [7, 11) is 0. The van der Waals surface area contributed by atoms with Crippen molar-refractivity contribution in [3.05, 3.63) is 70.8 Å². The van der Waals surface area contributed by atoms with E-state index >= 15 is 0 Å². The van der Waals surface area contributed by atoms with Crippen molar-refractivity contribution < 1.29 is 8.78 Å². The zero-order valence-electron chi connectivity index (χ0n) is 12.7. The summed E-state index contributed by atoms with van der Waals surface area (Å²) in [5.41, 5.74) is 8.20. The standard InChI is InChI=1S/C18H21F2N/c1-18(2,3)13-9-7-12(8-10-13)11-16(21)17-14(19)5-4-6-15(17)20/h4-10,16H,11,21H2,1-3H3. The maximum absolute atomic E-state index is 13.7. The van der Waals surface area contributed by atoms with E-state index in [-0.39, 0.29) is 11.0 Å². The van der Waals surface area contributed by atoms with Gasteiger partial charge in [0.25, 0.3) is 0 Å². The molecule has 0 aliphatic rings. The average Bonchev–Trinajstić information content (AvgIpc) is 2.38. The fourth-order valence-corrected chi connectivity index (χ4v) is 2.36. The second-order valence-corrected chi connectivity index (χ2v) is 6.39. The van der Waals surface area contributed by atoms with Gasteiger partial charge in [0.05, 0.1) is 0 Å². The molecule has 21 heavy (non-hydrogen) atoms. The van der Waals surface area contributed by atoms with Crippen LogP contribution >= 0.6 is 0 Å². The molecule has 0 fully saturated rings. The third kappa shape index (κ3) is 3.67. The molecule has 0 saturated heterocycles. The Kier molecular flexibility index (Phi) is 4.43. The van der Waals surface area contributed by atoms with Crippen LogP contribution in [0.4, 0.5) is 8.78 Å². The largest absolute Gasteiger partial charge is 0.323 e. The van der Waals surface area contributed by atoms with E-state index in [1.54, 1.807) is 0 Å². The number of nitrogens with two attached hydrogens (primary N) is 1. The first-order valence-electron chi connectivity index (χ1n) is 7.08. The van der Waals surface area contributed by atoms with E-state index in [2.05, 4.69) is 20.8 Å². The lowest BCUT2D eigenvalue weighted by molar-refractivity contribution is 0.524. The van der Waals surface area contributed by atoms with Crippen molar-refractivity contribution in [1.29, 1.82) is 0 Å². The van der Waals surface area contributed by atoms with E-state index in [0.717, 1.165) is 5.56 Å². The molecule has 2 N–H and O–H groups in total. The molecule has 0 amide bonds. The topological polar surface area (TPSA) is 26.0 Å². The number of hydrogen-bond acceptors (Lipinski definition) is 1. The van der Waals surface area contributed by atoms with Crippen LogP contribution in [-0.4, -0.2) is 0 Å². The van der Waals surface area contributed by atoms with Gasteiger partial charge in [0.15, 0.2) is 0 Å². The Morgan fingerprint density at radius 2 is 1.48 bits per heavy atom. The summed E-state index contributed by atoms with van der Waals surface area (Å²) in [6, 6.07) is 11.2. The van der Waals surface area contributed by atoms with Crippen LogP contribution in [0.5, 0.6) is 0 Å². The van der Waals surface area contributed by atoms with Crippen LogP contribution in [0.2, 0.25) is 0 Å². The molecule has 0 bridgehead atoms. The van der Waals surface area contributed by atoms with Crippen molar-refractivity contribution >= 4 is 0 Å². The molecule has 2 aromatic carbocycles. The summed E-state index contributed by atoms with van der Waals surface area (Å²) < 4.78 is 27.4. The Hall–Kier alpha value is -1.74. The van der Waals surface area contributed by atoms with Gasteiger partial charge >= 0.3 is 0 Å². The molecule has 0 radical (unpaired) electrons. The number of rotatable bonds is 3. The lowest BCUT2D eigenvalue weighted by Gasteiger charge is -2.20. The van der Waals surface area contributed by atoms with E-state index in [4.69, 9.17) is 5.73 Å². The monoisotopic (exact) mass is 289 g/mol. The minimum Gasteiger partial charge on any atom is -0.323 e. The molecule has 0 heterocycles. The van der Waals surface area contributed by atoms with Gasteiger partial charge in [-0.05, 0) is 35.1 Å². The zero-order chi connectivity index (χ0) is 15.6. The van der Waals surface area contributed by atoms with Crippen LogP contribution in [0.25, 0.3) is 0 Å². The molecule has 2 aromatic rings. The summed E-state index contributed by atoms with van der Waals surface area (Å²) in [5, 5.41) is 0. The predicted octanol–water partition coefficient (Wildman–Crippen LogP) is 4.50. The first kappa shape index (κ1) is 15.6. The summed E-state index contributed by atoms with van der Waals surface area (Å²) in [6.45, 7) is 6.42. The van der Waals surface area contributed by atoms with Crippen LogP contribution in [0.1, 0.15) is 43.5 Å². The Labute approximate surface area is 124 Å². The Morgan fingerprint density at radius 1 is 0.952 bits per heavy atom. The van der Waals surface area contributed by atoms with Crippen molar-refractivity contribution in [2.45, 2.75) is 38.6 Å². The molecule has 0 aromatic heterocycles. The molecule has 1 unspecified atom stereocenters. The lowest BCUT2D eigenvalue weighted by atomic mass is 9.86. The van der Waals surface area contributed by atoms with Gasteiger partial charge in [-0.15, -0.1) is 0 Å². The molecular weight excluding hydrogens is 268 g/mol. The Bertz CT molecular complexity index is 592. The molecule has 3 heteroatoms. The molecule has 0 spiro atoms. The zero-order valence-corrected chi connectivity index (χ0v) is 12.7. The number of benzene rings is 2. The van der Waals surface area contributed by atoms with Crippen molar-refractivity contribution in [2.75, 3.05) is 0 Å². The van der Waals surface area contributed by atoms with Crippen LogP contribution < -0.4 is 5.73 Å². The van der Waals surface area contributed by atoms with E-state index in [1.165, 1.54) is 23.8 Å². The Balaban J connectivity index is 2.18. The normalized spacial score (nSPS) is 13.2. The molecule has 1 atom stereocenters. The molecule has 2 rings (SSSR count). The van der Waals surface area contributed by atoms with Gasteiger partial charge in [-0.1, -0.05) is 51.1 Å². The molecule has 0 saturated carbocycles. The van der Waals surface area contributed by atoms with Gasteiger partial charge < -0.3 is 5.73 Å². The fraction of sp³-hybridized carbons (Fsp3) is 0.333. The minimum absolute atomic E-state index is 0.0441. The lowest BCUT2D eigenvalue weighted by Crippen LogP contribution is -2.17. The van der Waals surface area contributed by atoms with Crippen molar-refractivity contribution in [2.24, 2.45) is 5.73 Å². The quantitative estimate of drug-likeness (QED) is 0.884. The first-order valence-corrected chi connectivity index (χ1v) is 7.08. The summed E-state index contributed by atoms with van der Waals surface area (Å²) in [4.78, 5) is 0. The van der Waals surface area contributed by atoms with Gasteiger partial charge in [0.1, 0.15) is 11.6 Å². The van der Waals surface area contributed by atoms with E-state index < -0.39 is 17.7 Å². The number of halogens is 2. The van der Waals surface area contributed by atoms with Gasteiger partial charge in [-0.3, -0.25) is 0 Å². The predicted molar refractivity (Wildman–Crippen MR) is 82.1 cm³/mol. The molecule has 0 aliphatic carbocycles. The van der Waals surface area contributed by atoms with Gasteiger partial charge in [-0.25, -0.2) is 8.78 Å². The highest BCUT2D eigenvalue weighted by atomic mass is 19.1. The maximum Gasteiger partial charge on any atom is 0.130 e. The van der Waals surface area contributed by atoms with Gasteiger partial charge in [0, 0.05) is 11.6 Å². The molecule has 1 nitrogen and oxygen atoms in total. The van der Waals surface area contributed by atoms with E-state index in [0.29, 0.717) is 6.42 Å². The Morgan fingerprint density at radius 3 is 1.95 bits per heavy atom. The molecule has 0 aliphatic heterocycles. The van der Waals surface area contributed by atoms with Crippen LogP contribution in [0.3, 0.4) is 0 Å². The average molecular weight is 289 g/mol. The van der Waals surface area contributed by atoms with Crippen molar-refractivity contribution in [1.82, 2.24) is 0 Å². The third-order valence-corrected chi connectivity index (χ3v) is 3.65. The summed E-state index contributed by atoms with van der Waals surface area (Å²) >= 11 is 0. The second kappa shape index (κ2) is 5.94. The summed E-state index contributed by atoms with van der Waals surface area (Å²) in [5.74, 6) is -1.18. The molecule has 112 valence electrons. The van der Waals surface area contributed by atoms with E-state index in [1.807, 2.05) is 24.3 Å². The van der Waals surface area contributed by atoms with Crippen LogP contribution in [-0.2, 0) is 11.8 Å². The van der Waals surface area contributed by atoms with E-state index in [9.17, 15) is 8.78 Å². The summed E-state index contributed by atoms with van der Waals surface area (Å²) in [6.07, 6.45) is 0.405. The smallest absolute Gasteiger partial charge is 0.130 e. The SMILES string of the molecule is CC(C)(C)c1ccc(CC(N)c2c(F)cccc2F)cc1. The second-order valence-electron chi connectivity index (χ2n) is 6.39. The first-order chi connectivity index (χ1) is 9.79. The van der Waals surface area contributed by atoms with Crippen molar-refractivity contribution in [3.63, 3.8) is 0 Å². The highest BCUT2D eigenvalue weighted by Gasteiger charge is 2.17. The molecular formula is C18H21F2N. The van der Waals surface area contributed by atoms with Crippen LogP contribution in [0, 0.1) is 11.6 Å². The van der Waals surface area contributed by atoms with Crippen LogP contribution in [0.15, 0.2) is 42.5 Å². The highest BCUT2D eigenvalue weighted by Crippen LogP contribution is 2.25. The maximum atomic E-state index is 13.7. The van der Waals surface area contributed by atoms with Crippen molar-refractivity contribution in [3.8, 4) is 0 Å². The highest BCUT2D eigenvalue weighted by molar-refractivity contribution is 5.30. The fourth-order valence-electron chi connectivity index (χ4n) is 2.36. The third-order valence-electron chi connectivity index (χ3n) is 3.65. The number of hydrogen-bond donors (Lipinski definition) is 1. The minimum atomic E-state index is -0.688. The van der Waals surface area contributed by atoms with Gasteiger partial charge in [-0.2, -0.15) is 0 Å².